The first-order valence-electron chi connectivity index (χ1n) is 9.74. The summed E-state index contributed by atoms with van der Waals surface area (Å²) in [6.07, 6.45) is 7.77. The van der Waals surface area contributed by atoms with Crippen LogP contribution >= 0.6 is 0 Å². The number of hydrogen-bond acceptors (Lipinski definition) is 3. The van der Waals surface area contributed by atoms with Gasteiger partial charge in [0.05, 0.1) is 0 Å². The standard InChI is InChI=1S/C21H28O4/c1-20-7-5-13(22)11-17(20)12(10-19(24)25)9-14-15-3-4-18(23)21(15,2)8-6-16(14)20/h10,14-17H,3-9,11H2,1-2H3,(H,24,25)/b12-10+/t14?,15?,16?,17?,20-,21+/m1/s1. The Bertz CT molecular complexity index is 677. The quantitative estimate of drug-likeness (QED) is 0.735. The lowest BCUT2D eigenvalue weighted by Gasteiger charge is -2.60. The fourth-order valence-corrected chi connectivity index (χ4v) is 7.04. The summed E-state index contributed by atoms with van der Waals surface area (Å²) < 4.78 is 0. The predicted molar refractivity (Wildman–Crippen MR) is 92.8 cm³/mol. The Labute approximate surface area is 149 Å². The molecule has 0 radical (unpaired) electrons. The van der Waals surface area contributed by atoms with E-state index in [9.17, 15) is 19.5 Å². The number of fused-ring (bicyclic) bond motifs is 5. The van der Waals surface area contributed by atoms with Gasteiger partial charge in [-0.3, -0.25) is 9.59 Å². The number of hydrogen-bond donors (Lipinski definition) is 1. The lowest BCUT2D eigenvalue weighted by atomic mass is 9.44. The van der Waals surface area contributed by atoms with Crippen LogP contribution in [0.5, 0.6) is 0 Å². The number of aliphatic carboxylic acids is 1. The molecule has 0 heterocycles. The normalized spacial score (nSPS) is 48.0. The minimum Gasteiger partial charge on any atom is -0.478 e. The van der Waals surface area contributed by atoms with Gasteiger partial charge in [0.15, 0.2) is 0 Å². The van der Waals surface area contributed by atoms with E-state index in [-0.39, 0.29) is 22.5 Å². The second-order valence-corrected chi connectivity index (χ2v) is 9.36. The molecule has 0 spiro atoms. The van der Waals surface area contributed by atoms with Crippen LogP contribution < -0.4 is 0 Å². The molecule has 6 atom stereocenters. The smallest absolute Gasteiger partial charge is 0.328 e. The summed E-state index contributed by atoms with van der Waals surface area (Å²) in [5.74, 6) is 1.14. The van der Waals surface area contributed by atoms with Crippen LogP contribution in [0.1, 0.15) is 65.2 Å². The summed E-state index contributed by atoms with van der Waals surface area (Å²) in [6, 6.07) is 0. The number of ketones is 2. The third kappa shape index (κ3) is 2.36. The molecule has 4 nitrogen and oxygen atoms in total. The van der Waals surface area contributed by atoms with Crippen molar-refractivity contribution in [2.24, 2.45) is 34.5 Å². The lowest BCUT2D eigenvalue weighted by molar-refractivity contribution is -0.140. The molecular formula is C21H28O4. The fourth-order valence-electron chi connectivity index (χ4n) is 7.04. The third-order valence-corrected chi connectivity index (χ3v) is 8.39. The molecule has 136 valence electrons. The van der Waals surface area contributed by atoms with Crippen molar-refractivity contribution in [3.63, 3.8) is 0 Å². The van der Waals surface area contributed by atoms with Gasteiger partial charge in [-0.15, -0.1) is 0 Å². The van der Waals surface area contributed by atoms with E-state index >= 15 is 0 Å². The molecule has 4 unspecified atom stereocenters. The molecule has 4 aliphatic carbocycles. The maximum atomic E-state index is 12.5. The first-order chi connectivity index (χ1) is 11.8. The predicted octanol–water partition coefficient (Wildman–Crippen LogP) is 3.79. The van der Waals surface area contributed by atoms with Gasteiger partial charge in [0.25, 0.3) is 0 Å². The highest BCUT2D eigenvalue weighted by Gasteiger charge is 2.61. The summed E-state index contributed by atoms with van der Waals surface area (Å²) in [4.78, 5) is 36.0. The highest BCUT2D eigenvalue weighted by Crippen LogP contribution is 2.66. The van der Waals surface area contributed by atoms with Gasteiger partial charge in [0, 0.05) is 30.8 Å². The van der Waals surface area contributed by atoms with E-state index in [0.717, 1.165) is 37.7 Å². The van der Waals surface area contributed by atoms with Crippen molar-refractivity contribution in [3.05, 3.63) is 11.6 Å². The van der Waals surface area contributed by atoms with Crippen LogP contribution in [-0.4, -0.2) is 22.6 Å². The van der Waals surface area contributed by atoms with Crippen LogP contribution in [0, 0.1) is 34.5 Å². The van der Waals surface area contributed by atoms with Crippen molar-refractivity contribution in [3.8, 4) is 0 Å². The lowest BCUT2D eigenvalue weighted by Crippen LogP contribution is -2.54. The molecule has 0 aromatic heterocycles. The summed E-state index contributed by atoms with van der Waals surface area (Å²) in [6.45, 7) is 4.43. The number of Topliss-reactive ketones (excluding diaryl/α,β-unsaturated/α-hetero) is 2. The maximum Gasteiger partial charge on any atom is 0.328 e. The van der Waals surface area contributed by atoms with Crippen LogP contribution in [-0.2, 0) is 14.4 Å². The van der Waals surface area contributed by atoms with Gasteiger partial charge in [-0.2, -0.15) is 0 Å². The fraction of sp³-hybridized carbons (Fsp3) is 0.762. The van der Waals surface area contributed by atoms with E-state index in [0.29, 0.717) is 42.8 Å². The molecule has 1 N–H and O–H groups in total. The zero-order valence-corrected chi connectivity index (χ0v) is 15.2. The Hall–Kier alpha value is -1.45. The number of carbonyl (C=O) groups is 3. The Morgan fingerprint density at radius 3 is 2.56 bits per heavy atom. The van der Waals surface area contributed by atoms with Gasteiger partial charge in [0.1, 0.15) is 11.6 Å². The van der Waals surface area contributed by atoms with E-state index in [1.54, 1.807) is 0 Å². The summed E-state index contributed by atoms with van der Waals surface area (Å²) >= 11 is 0. The number of carboxylic acids is 1. The van der Waals surface area contributed by atoms with Gasteiger partial charge in [-0.05, 0) is 61.2 Å². The molecule has 0 aromatic rings. The first kappa shape index (κ1) is 17.0. The average molecular weight is 344 g/mol. The molecule has 0 aliphatic heterocycles. The number of carboxylic acid groups (broad SMARTS) is 1. The Morgan fingerprint density at radius 2 is 1.84 bits per heavy atom. The molecule has 0 amide bonds. The van der Waals surface area contributed by atoms with Crippen LogP contribution in [0.15, 0.2) is 11.6 Å². The molecular weight excluding hydrogens is 316 g/mol. The van der Waals surface area contributed by atoms with Crippen molar-refractivity contribution in [2.45, 2.75) is 65.2 Å². The average Bonchev–Trinajstić information content (AvgIpc) is 2.84. The summed E-state index contributed by atoms with van der Waals surface area (Å²) in [5.41, 5.74) is 0.752. The molecule has 0 bridgehead atoms. The Kier molecular flexibility index (Phi) is 3.75. The third-order valence-electron chi connectivity index (χ3n) is 8.39. The van der Waals surface area contributed by atoms with Gasteiger partial charge in [-0.25, -0.2) is 4.79 Å². The van der Waals surface area contributed by atoms with Crippen molar-refractivity contribution in [2.75, 3.05) is 0 Å². The highest BCUT2D eigenvalue weighted by atomic mass is 16.4. The van der Waals surface area contributed by atoms with Crippen molar-refractivity contribution in [1.29, 1.82) is 0 Å². The second-order valence-electron chi connectivity index (χ2n) is 9.36. The Balaban J connectivity index is 1.76. The molecule has 25 heavy (non-hydrogen) atoms. The maximum absolute atomic E-state index is 12.5. The second kappa shape index (κ2) is 5.52. The van der Waals surface area contributed by atoms with Crippen LogP contribution in [0.25, 0.3) is 0 Å². The van der Waals surface area contributed by atoms with Crippen LogP contribution in [0.3, 0.4) is 0 Å². The molecule has 4 fully saturated rings. The highest BCUT2D eigenvalue weighted by molar-refractivity contribution is 5.87. The van der Waals surface area contributed by atoms with E-state index in [2.05, 4.69) is 13.8 Å². The molecule has 4 aliphatic rings. The van der Waals surface area contributed by atoms with Gasteiger partial charge >= 0.3 is 5.97 Å². The topological polar surface area (TPSA) is 71.4 Å². The van der Waals surface area contributed by atoms with Crippen LogP contribution in [0.2, 0.25) is 0 Å². The zero-order valence-electron chi connectivity index (χ0n) is 15.2. The van der Waals surface area contributed by atoms with Crippen molar-refractivity contribution < 1.29 is 19.5 Å². The van der Waals surface area contributed by atoms with E-state index < -0.39 is 5.97 Å². The van der Waals surface area contributed by atoms with E-state index in [1.807, 2.05) is 0 Å². The largest absolute Gasteiger partial charge is 0.478 e. The minimum atomic E-state index is -0.908. The van der Waals surface area contributed by atoms with E-state index in [4.69, 9.17) is 0 Å². The van der Waals surface area contributed by atoms with Crippen molar-refractivity contribution in [1.82, 2.24) is 0 Å². The van der Waals surface area contributed by atoms with Crippen LogP contribution in [0.4, 0.5) is 0 Å². The van der Waals surface area contributed by atoms with E-state index in [1.165, 1.54) is 6.08 Å². The number of carbonyl (C=O) groups excluding carboxylic acids is 2. The Morgan fingerprint density at radius 1 is 1.08 bits per heavy atom. The number of rotatable bonds is 1. The molecule has 0 aromatic carbocycles. The molecule has 4 heteroatoms. The SMILES string of the molecule is C[C@]12CCC(=O)CC1/C(=C/C(=O)O)CC1C2CC[C@]2(C)C(=O)CCC12. The van der Waals surface area contributed by atoms with Gasteiger partial charge in [0.2, 0.25) is 0 Å². The summed E-state index contributed by atoms with van der Waals surface area (Å²) in [7, 11) is 0. The van der Waals surface area contributed by atoms with Gasteiger partial charge in [-0.1, -0.05) is 19.4 Å². The zero-order chi connectivity index (χ0) is 18.0. The monoisotopic (exact) mass is 344 g/mol. The molecule has 4 rings (SSSR count). The van der Waals surface area contributed by atoms with Gasteiger partial charge < -0.3 is 5.11 Å². The molecule has 0 saturated heterocycles. The first-order valence-corrected chi connectivity index (χ1v) is 9.74. The molecule has 4 saturated carbocycles. The minimum absolute atomic E-state index is 0.00504. The summed E-state index contributed by atoms with van der Waals surface area (Å²) in [5, 5.41) is 9.37. The van der Waals surface area contributed by atoms with Crippen molar-refractivity contribution >= 4 is 17.5 Å². The number of allylic oxidation sites excluding steroid dienone is 1.